The first-order valence-electron chi connectivity index (χ1n) is 9.12. The van der Waals surface area contributed by atoms with Crippen LogP contribution in [0.1, 0.15) is 12.8 Å². The Labute approximate surface area is 155 Å². The maximum Gasteiger partial charge on any atom is 0.409 e. The smallest absolute Gasteiger partial charge is 0.409 e. The molecule has 144 valence electrons. The molecule has 1 amide bonds. The van der Waals surface area contributed by atoms with Crippen molar-refractivity contribution < 1.29 is 19.4 Å². The number of rotatable bonds is 3. The van der Waals surface area contributed by atoms with Crippen LogP contribution in [0.3, 0.4) is 0 Å². The quantitative estimate of drug-likeness (QED) is 0.828. The first kappa shape index (κ1) is 20.0. The number of piperazine rings is 1. The molecule has 2 aliphatic rings. The molecule has 2 saturated heterocycles. The van der Waals surface area contributed by atoms with Crippen LogP contribution in [0.2, 0.25) is 0 Å². The first-order valence-corrected chi connectivity index (χ1v) is 9.12. The van der Waals surface area contributed by atoms with Crippen LogP contribution in [0, 0.1) is 5.92 Å². The topological polar surface area (TPSA) is 73.3 Å². The van der Waals surface area contributed by atoms with E-state index in [-0.39, 0.29) is 12.6 Å². The van der Waals surface area contributed by atoms with E-state index in [0.29, 0.717) is 12.5 Å². The maximum atomic E-state index is 12.2. The Morgan fingerprint density at radius 1 is 1.12 bits per heavy atom. The number of carbonyl (C=O) groups is 2. The first-order chi connectivity index (χ1) is 12.6. The Morgan fingerprint density at radius 3 is 2.27 bits per heavy atom. The summed E-state index contributed by atoms with van der Waals surface area (Å²) in [5.74, 6) is 0.528. The molecular weight excluding hydrogens is 334 g/mol. The van der Waals surface area contributed by atoms with E-state index in [0.717, 1.165) is 52.1 Å². The predicted octanol–water partition coefficient (Wildman–Crippen LogP) is 1.99. The second-order valence-electron chi connectivity index (χ2n) is 6.74. The van der Waals surface area contributed by atoms with Crippen LogP contribution in [-0.4, -0.2) is 80.4 Å². The number of piperidine rings is 1. The number of carbonyl (C=O) groups excluding carboxylic acids is 1. The summed E-state index contributed by atoms with van der Waals surface area (Å²) >= 11 is 0. The third-order valence-electron chi connectivity index (χ3n) is 4.94. The number of likely N-dealkylation sites (tertiary alicyclic amines) is 1. The highest BCUT2D eigenvalue weighted by Crippen LogP contribution is 2.18. The van der Waals surface area contributed by atoms with Crippen LogP contribution < -0.4 is 4.90 Å². The van der Waals surface area contributed by atoms with Crippen molar-refractivity contribution in [3.63, 3.8) is 0 Å². The summed E-state index contributed by atoms with van der Waals surface area (Å²) in [6, 6.07) is 10.4. The van der Waals surface area contributed by atoms with Gasteiger partial charge in [-0.2, -0.15) is 0 Å². The lowest BCUT2D eigenvalue weighted by atomic mass is 9.98. The second-order valence-corrected chi connectivity index (χ2v) is 6.74. The molecule has 0 atom stereocenters. The van der Waals surface area contributed by atoms with E-state index in [9.17, 15) is 4.79 Å². The minimum Gasteiger partial charge on any atom is -0.483 e. The molecule has 0 aromatic heterocycles. The predicted molar refractivity (Wildman–Crippen MR) is 100 cm³/mol. The Hall–Kier alpha value is -2.28. The normalized spacial score (nSPS) is 18.7. The van der Waals surface area contributed by atoms with E-state index in [1.54, 1.807) is 0 Å². The molecule has 0 bridgehead atoms. The van der Waals surface area contributed by atoms with Crippen molar-refractivity contribution in [2.75, 3.05) is 57.8 Å². The number of amides is 1. The molecule has 26 heavy (non-hydrogen) atoms. The van der Waals surface area contributed by atoms with Crippen molar-refractivity contribution in [2.24, 2.45) is 5.92 Å². The third kappa shape index (κ3) is 6.22. The van der Waals surface area contributed by atoms with Crippen molar-refractivity contribution >= 4 is 18.3 Å². The summed E-state index contributed by atoms with van der Waals surface area (Å²) in [4.78, 5) is 27.1. The van der Waals surface area contributed by atoms with Gasteiger partial charge in [-0.05, 0) is 51.0 Å². The molecule has 0 saturated carbocycles. The van der Waals surface area contributed by atoms with Crippen molar-refractivity contribution in [2.45, 2.75) is 12.8 Å². The molecule has 0 spiro atoms. The van der Waals surface area contributed by atoms with Gasteiger partial charge >= 0.3 is 6.09 Å². The van der Waals surface area contributed by atoms with E-state index in [4.69, 9.17) is 14.6 Å². The highest BCUT2D eigenvalue weighted by Gasteiger charge is 2.24. The molecule has 2 aliphatic heterocycles. The highest BCUT2D eigenvalue weighted by molar-refractivity contribution is 5.68. The van der Waals surface area contributed by atoms with Gasteiger partial charge in [-0.1, -0.05) is 18.2 Å². The summed E-state index contributed by atoms with van der Waals surface area (Å²) < 4.78 is 5.55. The summed E-state index contributed by atoms with van der Waals surface area (Å²) in [6.07, 6.45) is 2.12. The van der Waals surface area contributed by atoms with Crippen LogP contribution >= 0.6 is 0 Å². The van der Waals surface area contributed by atoms with Gasteiger partial charge in [0.15, 0.2) is 0 Å². The molecule has 7 heteroatoms. The average Bonchev–Trinajstić information content (AvgIpc) is 2.69. The van der Waals surface area contributed by atoms with Crippen LogP contribution in [0.15, 0.2) is 30.3 Å². The minimum atomic E-state index is -0.250. The molecule has 7 nitrogen and oxygen atoms in total. The van der Waals surface area contributed by atoms with Gasteiger partial charge in [0.25, 0.3) is 6.47 Å². The second kappa shape index (κ2) is 10.7. The summed E-state index contributed by atoms with van der Waals surface area (Å²) in [5, 5.41) is 6.89. The standard InChI is InChI=1S/C18H27N3O2.CH2O2/c1-19-9-7-16(8-10-19)15-23-18(22)21-13-11-20(12-14-21)17-5-3-2-4-6-17;2-1-3/h2-6,16H,7-15H2,1H3;1H,(H,2,3). The molecule has 1 aromatic carbocycles. The fourth-order valence-corrected chi connectivity index (χ4v) is 3.30. The lowest BCUT2D eigenvalue weighted by Crippen LogP contribution is -2.49. The number of hydrogen-bond donors (Lipinski definition) is 1. The number of nitrogens with zero attached hydrogens (tertiary/aromatic N) is 3. The third-order valence-corrected chi connectivity index (χ3v) is 4.94. The fourth-order valence-electron chi connectivity index (χ4n) is 3.30. The van der Waals surface area contributed by atoms with Crippen molar-refractivity contribution in [3.8, 4) is 0 Å². The summed E-state index contributed by atoms with van der Waals surface area (Å²) in [5.41, 5.74) is 1.23. The Bertz CT molecular complexity index is 539. The van der Waals surface area contributed by atoms with Gasteiger partial charge in [-0.15, -0.1) is 0 Å². The molecule has 0 unspecified atom stereocenters. The molecule has 1 N–H and O–H groups in total. The zero-order valence-electron chi connectivity index (χ0n) is 15.4. The Morgan fingerprint density at radius 2 is 1.69 bits per heavy atom. The van der Waals surface area contributed by atoms with E-state index >= 15 is 0 Å². The van der Waals surface area contributed by atoms with E-state index < -0.39 is 0 Å². The lowest BCUT2D eigenvalue weighted by molar-refractivity contribution is -0.122. The molecular formula is C19H29N3O4. The molecule has 1 aromatic rings. The summed E-state index contributed by atoms with van der Waals surface area (Å²) in [7, 11) is 2.15. The van der Waals surface area contributed by atoms with Gasteiger partial charge in [0.2, 0.25) is 0 Å². The monoisotopic (exact) mass is 363 g/mol. The van der Waals surface area contributed by atoms with Gasteiger partial charge in [0.1, 0.15) is 0 Å². The number of anilines is 1. The van der Waals surface area contributed by atoms with E-state index in [1.165, 1.54) is 5.69 Å². The largest absolute Gasteiger partial charge is 0.483 e. The number of hydrogen-bond acceptors (Lipinski definition) is 5. The molecule has 0 radical (unpaired) electrons. The van der Waals surface area contributed by atoms with Crippen LogP contribution in [-0.2, 0) is 9.53 Å². The Kier molecular flexibility index (Phi) is 8.21. The van der Waals surface area contributed by atoms with Crippen molar-refractivity contribution in [3.05, 3.63) is 30.3 Å². The number of para-hydroxylation sites is 1. The number of benzene rings is 1. The van der Waals surface area contributed by atoms with Crippen molar-refractivity contribution in [1.29, 1.82) is 0 Å². The zero-order valence-corrected chi connectivity index (χ0v) is 15.4. The fraction of sp³-hybridized carbons (Fsp3) is 0.579. The highest BCUT2D eigenvalue weighted by atomic mass is 16.6. The lowest BCUT2D eigenvalue weighted by Gasteiger charge is -2.36. The van der Waals surface area contributed by atoms with Gasteiger partial charge in [0, 0.05) is 31.9 Å². The van der Waals surface area contributed by atoms with Gasteiger partial charge < -0.3 is 24.5 Å². The zero-order chi connectivity index (χ0) is 18.8. The van der Waals surface area contributed by atoms with Gasteiger partial charge in [0.05, 0.1) is 6.61 Å². The van der Waals surface area contributed by atoms with Crippen LogP contribution in [0.4, 0.5) is 10.5 Å². The van der Waals surface area contributed by atoms with Crippen LogP contribution in [0.25, 0.3) is 0 Å². The van der Waals surface area contributed by atoms with Gasteiger partial charge in [-0.3, -0.25) is 4.79 Å². The minimum absolute atomic E-state index is 0.142. The molecule has 3 rings (SSSR count). The summed E-state index contributed by atoms with van der Waals surface area (Å²) in [6.45, 7) is 5.75. The molecule has 2 heterocycles. The van der Waals surface area contributed by atoms with Crippen molar-refractivity contribution in [1.82, 2.24) is 9.80 Å². The number of carboxylic acid groups (broad SMARTS) is 1. The van der Waals surface area contributed by atoms with Crippen LogP contribution in [0.5, 0.6) is 0 Å². The average molecular weight is 363 g/mol. The Balaban J connectivity index is 0.000000758. The molecule has 0 aliphatic carbocycles. The maximum absolute atomic E-state index is 12.2. The molecule has 2 fully saturated rings. The van der Waals surface area contributed by atoms with Gasteiger partial charge in [-0.25, -0.2) is 4.79 Å². The number of ether oxygens (including phenoxy) is 1. The SMILES string of the molecule is CN1CCC(COC(=O)N2CCN(c3ccccc3)CC2)CC1.O=CO. The van der Waals surface area contributed by atoms with E-state index in [2.05, 4.69) is 41.1 Å². The van der Waals surface area contributed by atoms with E-state index in [1.807, 2.05) is 11.0 Å².